The van der Waals surface area contributed by atoms with Crippen molar-refractivity contribution in [3.63, 3.8) is 0 Å². The Bertz CT molecular complexity index is 690. The van der Waals surface area contributed by atoms with Gasteiger partial charge in [-0.2, -0.15) is 5.10 Å². The summed E-state index contributed by atoms with van der Waals surface area (Å²) in [7, 11) is 0. The number of hydrogen-bond acceptors (Lipinski definition) is 6. The van der Waals surface area contributed by atoms with Crippen LogP contribution in [0.3, 0.4) is 0 Å². The second kappa shape index (κ2) is 7.26. The van der Waals surface area contributed by atoms with E-state index in [1.165, 1.54) is 5.00 Å². The predicted molar refractivity (Wildman–Crippen MR) is 93.3 cm³/mol. The molecular formula is C16H18N4O2S. The van der Waals surface area contributed by atoms with Crippen LogP contribution in [-0.2, 0) is 4.74 Å². The van der Waals surface area contributed by atoms with E-state index in [4.69, 9.17) is 10.5 Å². The Morgan fingerprint density at radius 1 is 1.22 bits per heavy atom. The molecule has 1 saturated heterocycles. The average Bonchev–Trinajstić information content (AvgIpc) is 3.05. The fourth-order valence-electron chi connectivity index (χ4n) is 2.22. The van der Waals surface area contributed by atoms with Gasteiger partial charge >= 0.3 is 0 Å². The number of amides is 1. The summed E-state index contributed by atoms with van der Waals surface area (Å²) in [5.74, 6) is -0.258. The first-order chi connectivity index (χ1) is 11.2. The number of anilines is 2. The van der Waals surface area contributed by atoms with Crippen molar-refractivity contribution < 1.29 is 9.53 Å². The molecule has 0 spiro atoms. The summed E-state index contributed by atoms with van der Waals surface area (Å²) in [6, 6.07) is 10.8. The summed E-state index contributed by atoms with van der Waals surface area (Å²) in [5, 5.41) is 5.20. The third-order valence-electron chi connectivity index (χ3n) is 3.47. The molecule has 0 aliphatic carbocycles. The highest BCUT2D eigenvalue weighted by Gasteiger charge is 2.12. The van der Waals surface area contributed by atoms with Crippen molar-refractivity contribution in [3.05, 3.63) is 46.8 Å². The lowest BCUT2D eigenvalue weighted by atomic mass is 10.2. The number of rotatable bonds is 4. The van der Waals surface area contributed by atoms with E-state index < -0.39 is 0 Å². The first-order valence-electron chi connectivity index (χ1n) is 7.34. The first kappa shape index (κ1) is 15.5. The number of morpholine rings is 1. The number of thiophene rings is 1. The minimum absolute atomic E-state index is 0.258. The third kappa shape index (κ3) is 4.08. The lowest BCUT2D eigenvalue weighted by Gasteiger charge is -2.27. The van der Waals surface area contributed by atoms with Gasteiger partial charge in [-0.3, -0.25) is 4.79 Å². The minimum Gasteiger partial charge on any atom is -0.399 e. The SMILES string of the molecule is Nc1ccc(C(=O)N/N=C/c2ccc(N3CCOCC3)s2)cc1. The zero-order valence-electron chi connectivity index (χ0n) is 12.6. The zero-order chi connectivity index (χ0) is 16.1. The van der Waals surface area contributed by atoms with Gasteiger partial charge in [-0.05, 0) is 36.4 Å². The highest BCUT2D eigenvalue weighted by molar-refractivity contribution is 7.17. The van der Waals surface area contributed by atoms with E-state index in [0.717, 1.165) is 31.2 Å². The molecule has 0 unspecified atom stereocenters. The number of ether oxygens (including phenoxy) is 1. The van der Waals surface area contributed by atoms with Crippen LogP contribution >= 0.6 is 11.3 Å². The molecule has 120 valence electrons. The number of hydrazone groups is 1. The van der Waals surface area contributed by atoms with Crippen LogP contribution in [0.5, 0.6) is 0 Å². The molecule has 1 fully saturated rings. The molecule has 0 saturated carbocycles. The van der Waals surface area contributed by atoms with Gasteiger partial charge in [0.15, 0.2) is 0 Å². The van der Waals surface area contributed by atoms with Gasteiger partial charge in [0, 0.05) is 29.2 Å². The maximum absolute atomic E-state index is 11.9. The Hall–Kier alpha value is -2.38. The molecule has 1 aliphatic heterocycles. The second-order valence-electron chi connectivity index (χ2n) is 5.10. The standard InChI is InChI=1S/C16H18N4O2S/c17-13-3-1-12(2-4-13)16(21)19-18-11-14-5-6-15(23-14)20-7-9-22-10-8-20/h1-6,11H,7-10,17H2,(H,19,21)/b18-11+. The van der Waals surface area contributed by atoms with Gasteiger partial charge in [-0.25, -0.2) is 5.43 Å². The first-order valence-corrected chi connectivity index (χ1v) is 8.15. The number of carbonyl (C=O) groups is 1. The van der Waals surface area contributed by atoms with Crippen LogP contribution in [0.1, 0.15) is 15.2 Å². The normalized spacial score (nSPS) is 15.0. The van der Waals surface area contributed by atoms with E-state index in [9.17, 15) is 4.79 Å². The molecule has 0 atom stereocenters. The van der Waals surface area contributed by atoms with Crippen LogP contribution in [-0.4, -0.2) is 38.4 Å². The largest absolute Gasteiger partial charge is 0.399 e. The second-order valence-corrected chi connectivity index (χ2v) is 6.19. The summed E-state index contributed by atoms with van der Waals surface area (Å²) in [6.45, 7) is 3.34. The van der Waals surface area contributed by atoms with Crippen LogP contribution in [0.15, 0.2) is 41.5 Å². The summed E-state index contributed by atoms with van der Waals surface area (Å²) in [4.78, 5) is 15.2. The van der Waals surface area contributed by atoms with Gasteiger partial charge < -0.3 is 15.4 Å². The van der Waals surface area contributed by atoms with Crippen LogP contribution in [0, 0.1) is 0 Å². The van der Waals surface area contributed by atoms with Gasteiger partial charge in [-0.15, -0.1) is 11.3 Å². The van der Waals surface area contributed by atoms with Crippen molar-refractivity contribution >= 4 is 34.1 Å². The fourth-order valence-corrected chi connectivity index (χ4v) is 3.15. The minimum atomic E-state index is -0.258. The molecule has 2 aromatic rings. The predicted octanol–water partition coefficient (Wildman–Crippen LogP) is 1.93. The quantitative estimate of drug-likeness (QED) is 0.510. The van der Waals surface area contributed by atoms with Crippen molar-refractivity contribution in [1.29, 1.82) is 0 Å². The number of benzene rings is 1. The summed E-state index contributed by atoms with van der Waals surface area (Å²) in [6.07, 6.45) is 1.66. The van der Waals surface area contributed by atoms with Crippen molar-refractivity contribution in [3.8, 4) is 0 Å². The number of nitrogens with two attached hydrogens (primary N) is 1. The van der Waals surface area contributed by atoms with E-state index in [1.807, 2.05) is 6.07 Å². The lowest BCUT2D eigenvalue weighted by molar-refractivity contribution is 0.0955. The van der Waals surface area contributed by atoms with Gasteiger partial charge in [-0.1, -0.05) is 0 Å². The monoisotopic (exact) mass is 330 g/mol. The number of carbonyl (C=O) groups excluding carboxylic acids is 1. The maximum Gasteiger partial charge on any atom is 0.271 e. The molecule has 23 heavy (non-hydrogen) atoms. The molecule has 0 bridgehead atoms. The molecule has 1 aromatic heterocycles. The Labute approximate surface area is 138 Å². The van der Waals surface area contributed by atoms with Crippen molar-refractivity contribution in [2.45, 2.75) is 0 Å². The molecule has 3 rings (SSSR count). The Balaban J connectivity index is 1.56. The summed E-state index contributed by atoms with van der Waals surface area (Å²) in [5.41, 5.74) is 9.26. The molecule has 0 radical (unpaired) electrons. The fraction of sp³-hybridized carbons (Fsp3) is 0.250. The van der Waals surface area contributed by atoms with Gasteiger partial charge in [0.2, 0.25) is 0 Å². The average molecular weight is 330 g/mol. The van der Waals surface area contributed by atoms with Crippen molar-refractivity contribution in [2.75, 3.05) is 36.9 Å². The van der Waals surface area contributed by atoms with E-state index >= 15 is 0 Å². The molecule has 3 N–H and O–H groups in total. The van der Waals surface area contributed by atoms with E-state index in [-0.39, 0.29) is 5.91 Å². The number of nitrogens with zero attached hydrogens (tertiary/aromatic N) is 2. The number of nitrogen functional groups attached to an aromatic ring is 1. The highest BCUT2D eigenvalue weighted by atomic mass is 32.1. The Morgan fingerprint density at radius 3 is 2.70 bits per heavy atom. The maximum atomic E-state index is 11.9. The van der Waals surface area contributed by atoms with E-state index in [2.05, 4.69) is 21.5 Å². The number of nitrogens with one attached hydrogen (secondary N) is 1. The topological polar surface area (TPSA) is 80.0 Å². The molecular weight excluding hydrogens is 312 g/mol. The molecule has 1 amide bonds. The highest BCUT2D eigenvalue weighted by Crippen LogP contribution is 2.25. The van der Waals surface area contributed by atoms with Gasteiger partial charge in [0.25, 0.3) is 5.91 Å². The number of hydrogen-bond donors (Lipinski definition) is 2. The molecule has 1 aromatic carbocycles. The smallest absolute Gasteiger partial charge is 0.271 e. The Kier molecular flexibility index (Phi) is 4.89. The summed E-state index contributed by atoms with van der Waals surface area (Å²) < 4.78 is 5.35. The third-order valence-corrected chi connectivity index (χ3v) is 4.55. The molecule has 2 heterocycles. The van der Waals surface area contributed by atoms with Crippen LogP contribution in [0.2, 0.25) is 0 Å². The van der Waals surface area contributed by atoms with Crippen LogP contribution in [0.4, 0.5) is 10.7 Å². The van der Waals surface area contributed by atoms with Crippen LogP contribution < -0.4 is 16.1 Å². The van der Waals surface area contributed by atoms with E-state index in [0.29, 0.717) is 11.3 Å². The molecule has 6 nitrogen and oxygen atoms in total. The molecule has 1 aliphatic rings. The van der Waals surface area contributed by atoms with E-state index in [1.54, 1.807) is 41.8 Å². The Morgan fingerprint density at radius 2 is 1.96 bits per heavy atom. The molecule has 7 heteroatoms. The zero-order valence-corrected chi connectivity index (χ0v) is 13.4. The van der Waals surface area contributed by atoms with Gasteiger partial charge in [0.05, 0.1) is 24.4 Å². The van der Waals surface area contributed by atoms with Crippen LogP contribution in [0.25, 0.3) is 0 Å². The summed E-state index contributed by atoms with van der Waals surface area (Å²) >= 11 is 1.64. The van der Waals surface area contributed by atoms with Crippen molar-refractivity contribution in [1.82, 2.24) is 5.43 Å². The lowest BCUT2D eigenvalue weighted by Crippen LogP contribution is -2.35. The van der Waals surface area contributed by atoms with Gasteiger partial charge in [0.1, 0.15) is 0 Å². The van der Waals surface area contributed by atoms with Crippen molar-refractivity contribution in [2.24, 2.45) is 5.10 Å².